The van der Waals surface area contributed by atoms with E-state index in [2.05, 4.69) is 10.3 Å². The molecule has 10 heteroatoms. The first kappa shape index (κ1) is 23.7. The van der Waals surface area contributed by atoms with Crippen LogP contribution in [0, 0.1) is 0 Å². The topological polar surface area (TPSA) is 124 Å². The third-order valence-corrected chi connectivity index (χ3v) is 7.00. The van der Waals surface area contributed by atoms with Crippen molar-refractivity contribution in [2.75, 3.05) is 11.1 Å². The molecule has 1 aromatic heterocycles. The molecule has 0 aliphatic heterocycles. The Labute approximate surface area is 200 Å². The van der Waals surface area contributed by atoms with E-state index in [1.807, 2.05) is 24.3 Å². The summed E-state index contributed by atoms with van der Waals surface area (Å²) >= 11 is 1.19. The Morgan fingerprint density at radius 3 is 2.35 bits per heavy atom. The Hall–Kier alpha value is -3.47. The molecule has 174 valence electrons. The second-order valence-electron chi connectivity index (χ2n) is 7.51. The van der Waals surface area contributed by atoms with Crippen molar-refractivity contribution in [3.8, 4) is 0 Å². The van der Waals surface area contributed by atoms with Gasteiger partial charge < -0.3 is 5.32 Å². The van der Waals surface area contributed by atoms with E-state index in [9.17, 15) is 18.0 Å². The van der Waals surface area contributed by atoms with Crippen molar-refractivity contribution in [1.29, 1.82) is 0 Å². The standard InChI is InChI=1S/C24H22N4O4S2/c25-34(31,32)19-12-10-17(11-13-19)14-15-28-23(30)20-8-4-5-9-21(20)27-24(28)33-16-22(29)26-18-6-2-1-3-7-18/h1-13H,14-16H2,(H,26,29)(H2,25,31,32). The van der Waals surface area contributed by atoms with Crippen molar-refractivity contribution in [1.82, 2.24) is 9.55 Å². The van der Waals surface area contributed by atoms with Crippen LogP contribution in [0.25, 0.3) is 10.9 Å². The lowest BCUT2D eigenvalue weighted by molar-refractivity contribution is -0.113. The van der Waals surface area contributed by atoms with Crippen molar-refractivity contribution < 1.29 is 13.2 Å². The number of carbonyl (C=O) groups is 1. The van der Waals surface area contributed by atoms with E-state index in [1.165, 1.54) is 23.9 Å². The molecule has 34 heavy (non-hydrogen) atoms. The van der Waals surface area contributed by atoms with Crippen LogP contribution in [-0.2, 0) is 27.8 Å². The Balaban J connectivity index is 1.56. The number of para-hydroxylation sites is 2. The molecule has 0 aliphatic carbocycles. The number of aryl methyl sites for hydroxylation is 1. The Morgan fingerprint density at radius 1 is 0.971 bits per heavy atom. The molecule has 0 saturated carbocycles. The minimum atomic E-state index is -3.77. The maximum absolute atomic E-state index is 13.2. The lowest BCUT2D eigenvalue weighted by atomic mass is 10.1. The maximum atomic E-state index is 13.2. The fraction of sp³-hybridized carbons (Fsp3) is 0.125. The molecule has 0 unspecified atom stereocenters. The summed E-state index contributed by atoms with van der Waals surface area (Å²) in [7, 11) is -3.77. The molecule has 4 rings (SSSR count). The number of nitrogens with two attached hydrogens (primary N) is 1. The van der Waals surface area contributed by atoms with Crippen LogP contribution in [0.4, 0.5) is 5.69 Å². The first-order valence-corrected chi connectivity index (χ1v) is 12.9. The van der Waals surface area contributed by atoms with E-state index in [0.29, 0.717) is 34.7 Å². The highest BCUT2D eigenvalue weighted by atomic mass is 32.2. The zero-order valence-electron chi connectivity index (χ0n) is 18.0. The second-order valence-corrected chi connectivity index (χ2v) is 10.0. The van der Waals surface area contributed by atoms with Gasteiger partial charge in [0.15, 0.2) is 5.16 Å². The van der Waals surface area contributed by atoms with Gasteiger partial charge in [-0.05, 0) is 48.4 Å². The monoisotopic (exact) mass is 494 g/mol. The minimum Gasteiger partial charge on any atom is -0.325 e. The molecule has 0 atom stereocenters. The van der Waals surface area contributed by atoms with E-state index < -0.39 is 10.0 Å². The van der Waals surface area contributed by atoms with Gasteiger partial charge in [-0.1, -0.05) is 54.2 Å². The molecule has 1 heterocycles. The predicted octanol–water partition coefficient (Wildman–Crippen LogP) is 3.02. The fourth-order valence-electron chi connectivity index (χ4n) is 3.39. The number of aromatic nitrogens is 2. The number of thioether (sulfide) groups is 1. The molecule has 8 nitrogen and oxygen atoms in total. The van der Waals surface area contributed by atoms with Crippen LogP contribution in [0.1, 0.15) is 5.56 Å². The molecule has 0 radical (unpaired) electrons. The van der Waals surface area contributed by atoms with E-state index in [-0.39, 0.29) is 22.1 Å². The Morgan fingerprint density at radius 2 is 1.65 bits per heavy atom. The van der Waals surface area contributed by atoms with Crippen LogP contribution >= 0.6 is 11.8 Å². The molecule has 0 spiro atoms. The summed E-state index contributed by atoms with van der Waals surface area (Å²) in [6, 6.07) is 22.4. The number of amides is 1. The number of nitrogens with zero attached hydrogens (tertiary/aromatic N) is 2. The largest absolute Gasteiger partial charge is 0.325 e. The number of primary sulfonamides is 1. The van der Waals surface area contributed by atoms with Gasteiger partial charge in [-0.3, -0.25) is 14.2 Å². The third-order valence-electron chi connectivity index (χ3n) is 5.09. The molecule has 4 aromatic rings. The lowest BCUT2D eigenvalue weighted by Crippen LogP contribution is -2.25. The number of carbonyl (C=O) groups excluding carboxylic acids is 1. The van der Waals surface area contributed by atoms with Gasteiger partial charge in [-0.25, -0.2) is 18.5 Å². The number of rotatable bonds is 8. The third kappa shape index (κ3) is 5.71. The number of sulfonamides is 1. The van der Waals surface area contributed by atoms with E-state index in [4.69, 9.17) is 5.14 Å². The van der Waals surface area contributed by atoms with Crippen LogP contribution < -0.4 is 16.0 Å². The average Bonchev–Trinajstić information content (AvgIpc) is 2.83. The van der Waals surface area contributed by atoms with E-state index in [1.54, 1.807) is 47.0 Å². The van der Waals surface area contributed by atoms with Gasteiger partial charge in [-0.2, -0.15) is 0 Å². The first-order chi connectivity index (χ1) is 16.3. The molecular weight excluding hydrogens is 472 g/mol. The van der Waals surface area contributed by atoms with Crippen LogP contribution in [0.5, 0.6) is 0 Å². The summed E-state index contributed by atoms with van der Waals surface area (Å²) in [5, 5.41) is 8.91. The van der Waals surface area contributed by atoms with Crippen molar-refractivity contribution in [3.05, 3.63) is 94.8 Å². The number of anilines is 1. The van der Waals surface area contributed by atoms with Gasteiger partial charge >= 0.3 is 0 Å². The van der Waals surface area contributed by atoms with Crippen molar-refractivity contribution >= 4 is 44.3 Å². The van der Waals surface area contributed by atoms with Gasteiger partial charge in [0.05, 0.1) is 21.6 Å². The smallest absolute Gasteiger partial charge is 0.262 e. The molecule has 1 amide bonds. The Bertz CT molecular complexity index is 1490. The molecule has 3 N–H and O–H groups in total. The first-order valence-electron chi connectivity index (χ1n) is 10.4. The maximum Gasteiger partial charge on any atom is 0.262 e. The number of nitrogens with one attached hydrogen (secondary N) is 1. The van der Waals surface area contributed by atoms with Gasteiger partial charge in [0.1, 0.15) is 0 Å². The van der Waals surface area contributed by atoms with E-state index in [0.717, 1.165) is 5.56 Å². The van der Waals surface area contributed by atoms with Crippen molar-refractivity contribution in [2.45, 2.75) is 23.0 Å². The summed E-state index contributed by atoms with van der Waals surface area (Å²) in [5.41, 5.74) is 1.90. The SMILES string of the molecule is NS(=O)(=O)c1ccc(CCn2c(SCC(=O)Nc3ccccc3)nc3ccccc3c2=O)cc1. The molecule has 0 saturated heterocycles. The second kappa shape index (κ2) is 10.2. The lowest BCUT2D eigenvalue weighted by Gasteiger charge is -2.13. The van der Waals surface area contributed by atoms with Crippen molar-refractivity contribution in [2.24, 2.45) is 5.14 Å². The number of benzene rings is 3. The summed E-state index contributed by atoms with van der Waals surface area (Å²) in [5.74, 6) is -0.119. The van der Waals surface area contributed by atoms with Gasteiger partial charge in [-0.15, -0.1) is 0 Å². The van der Waals surface area contributed by atoms with Crippen LogP contribution in [0.15, 0.2) is 93.7 Å². The summed E-state index contributed by atoms with van der Waals surface area (Å²) in [4.78, 5) is 30.3. The molecule has 3 aromatic carbocycles. The average molecular weight is 495 g/mol. The zero-order chi connectivity index (χ0) is 24.1. The normalized spacial score (nSPS) is 11.4. The number of fused-ring (bicyclic) bond motifs is 1. The summed E-state index contributed by atoms with van der Waals surface area (Å²) in [6.45, 7) is 0.314. The van der Waals surface area contributed by atoms with Crippen molar-refractivity contribution in [3.63, 3.8) is 0 Å². The molecule has 0 fully saturated rings. The highest BCUT2D eigenvalue weighted by molar-refractivity contribution is 7.99. The molecule has 0 bridgehead atoms. The van der Waals surface area contributed by atoms with Crippen LogP contribution in [0.2, 0.25) is 0 Å². The predicted molar refractivity (Wildman–Crippen MR) is 133 cm³/mol. The minimum absolute atomic E-state index is 0.0291. The highest BCUT2D eigenvalue weighted by Crippen LogP contribution is 2.19. The van der Waals surface area contributed by atoms with Gasteiger partial charge in [0.25, 0.3) is 5.56 Å². The van der Waals surface area contributed by atoms with Crippen LogP contribution in [-0.4, -0.2) is 29.6 Å². The zero-order valence-corrected chi connectivity index (χ0v) is 19.7. The summed E-state index contributed by atoms with van der Waals surface area (Å²) < 4.78 is 24.5. The number of hydrogen-bond acceptors (Lipinski definition) is 6. The molecule has 0 aliphatic rings. The van der Waals surface area contributed by atoms with Gasteiger partial charge in [0, 0.05) is 12.2 Å². The molecular formula is C24H22N4O4S2. The van der Waals surface area contributed by atoms with Gasteiger partial charge in [0.2, 0.25) is 15.9 Å². The summed E-state index contributed by atoms with van der Waals surface area (Å²) in [6.07, 6.45) is 0.467. The quantitative estimate of drug-likeness (QED) is 0.287. The Kier molecular flexibility index (Phi) is 7.11. The van der Waals surface area contributed by atoms with Crippen LogP contribution in [0.3, 0.4) is 0 Å². The van der Waals surface area contributed by atoms with E-state index >= 15 is 0 Å². The fourth-order valence-corrected chi connectivity index (χ4v) is 4.73. The highest BCUT2D eigenvalue weighted by Gasteiger charge is 2.14. The number of hydrogen-bond donors (Lipinski definition) is 2.